The van der Waals surface area contributed by atoms with Crippen LogP contribution in [-0.2, 0) is 18.0 Å². The molecule has 5 nitrogen and oxygen atoms in total. The highest BCUT2D eigenvalue weighted by Gasteiger charge is 2.37. The predicted octanol–water partition coefficient (Wildman–Crippen LogP) is 3.01. The monoisotopic (exact) mass is 350 g/mol. The second-order valence-corrected chi connectivity index (χ2v) is 7.18. The van der Waals surface area contributed by atoms with Crippen LogP contribution in [0.15, 0.2) is 5.16 Å². The Labute approximate surface area is 137 Å². The number of alkyl halides is 3. The van der Waals surface area contributed by atoms with Gasteiger partial charge in [0.2, 0.25) is 11.7 Å². The van der Waals surface area contributed by atoms with Gasteiger partial charge in [0.05, 0.1) is 5.25 Å². The molecule has 130 valence electrons. The average molecular weight is 350 g/mol. The summed E-state index contributed by atoms with van der Waals surface area (Å²) in [6, 6.07) is 0. The summed E-state index contributed by atoms with van der Waals surface area (Å²) < 4.78 is 38.9. The maximum atomic E-state index is 12.7. The second-order valence-electron chi connectivity index (χ2n) is 5.87. The number of thioether (sulfide) groups is 1. The highest BCUT2D eigenvalue weighted by atomic mass is 32.2. The Kier molecular flexibility index (Phi) is 5.94. The summed E-state index contributed by atoms with van der Waals surface area (Å²) in [5.41, 5.74) is 0. The van der Waals surface area contributed by atoms with Crippen molar-refractivity contribution in [3.8, 4) is 0 Å². The standard InChI is InChI=1S/C14H21F3N4OS/c1-9(11(22)18-8-10-6-4-3-5-7-10)23-13-20-19-12(21(13)2)14(15,16)17/h9-10H,3-8H2,1-2H3,(H,18,22). The average Bonchev–Trinajstić information content (AvgIpc) is 2.87. The summed E-state index contributed by atoms with van der Waals surface area (Å²) in [5, 5.41) is 9.13. The van der Waals surface area contributed by atoms with Crippen molar-refractivity contribution in [2.45, 2.75) is 55.6 Å². The number of nitrogens with one attached hydrogen (secondary N) is 1. The molecule has 1 aromatic rings. The van der Waals surface area contributed by atoms with Crippen molar-refractivity contribution in [1.29, 1.82) is 0 Å². The fraction of sp³-hybridized carbons (Fsp3) is 0.786. The van der Waals surface area contributed by atoms with Gasteiger partial charge < -0.3 is 9.88 Å². The summed E-state index contributed by atoms with van der Waals surface area (Å²) in [7, 11) is 1.25. The van der Waals surface area contributed by atoms with Crippen LogP contribution in [0.5, 0.6) is 0 Å². The molecule has 0 bridgehead atoms. The number of hydrogen-bond donors (Lipinski definition) is 1. The molecule has 1 atom stereocenters. The first-order valence-corrected chi connectivity index (χ1v) is 8.58. The van der Waals surface area contributed by atoms with Crippen molar-refractivity contribution >= 4 is 17.7 Å². The smallest absolute Gasteiger partial charge is 0.355 e. The topological polar surface area (TPSA) is 59.8 Å². The fourth-order valence-electron chi connectivity index (χ4n) is 2.66. The molecule has 1 N–H and O–H groups in total. The maximum Gasteiger partial charge on any atom is 0.451 e. The van der Waals surface area contributed by atoms with E-state index in [0.29, 0.717) is 12.5 Å². The van der Waals surface area contributed by atoms with Gasteiger partial charge in [0.1, 0.15) is 0 Å². The molecule has 9 heteroatoms. The van der Waals surface area contributed by atoms with Crippen LogP contribution < -0.4 is 5.32 Å². The van der Waals surface area contributed by atoms with Gasteiger partial charge in [0, 0.05) is 13.6 Å². The number of hydrogen-bond acceptors (Lipinski definition) is 4. The van der Waals surface area contributed by atoms with Crippen LogP contribution in [0, 0.1) is 5.92 Å². The molecule has 1 aliphatic rings. The lowest BCUT2D eigenvalue weighted by Gasteiger charge is -2.22. The Hall–Kier alpha value is -1.25. The molecule has 1 fully saturated rings. The Balaban J connectivity index is 1.87. The van der Waals surface area contributed by atoms with Crippen LogP contribution in [-0.4, -0.2) is 32.5 Å². The second kappa shape index (κ2) is 7.55. The van der Waals surface area contributed by atoms with Gasteiger partial charge in [-0.05, 0) is 25.7 Å². The minimum absolute atomic E-state index is 0.0811. The summed E-state index contributed by atoms with van der Waals surface area (Å²) >= 11 is 0.979. The Morgan fingerprint density at radius 1 is 1.35 bits per heavy atom. The fourth-order valence-corrected chi connectivity index (χ4v) is 3.50. The van der Waals surface area contributed by atoms with Gasteiger partial charge in [-0.15, -0.1) is 10.2 Å². The molecule has 0 aliphatic heterocycles. The van der Waals surface area contributed by atoms with E-state index in [2.05, 4.69) is 15.5 Å². The number of halogens is 3. The van der Waals surface area contributed by atoms with Crippen molar-refractivity contribution in [3.63, 3.8) is 0 Å². The van der Waals surface area contributed by atoms with Gasteiger partial charge in [-0.1, -0.05) is 31.0 Å². The van der Waals surface area contributed by atoms with E-state index in [4.69, 9.17) is 0 Å². The lowest BCUT2D eigenvalue weighted by molar-refractivity contribution is -0.147. The zero-order chi connectivity index (χ0) is 17.0. The van der Waals surface area contributed by atoms with Crippen LogP contribution in [0.25, 0.3) is 0 Å². The molecule has 0 radical (unpaired) electrons. The molecule has 0 spiro atoms. The Morgan fingerprint density at radius 3 is 2.57 bits per heavy atom. The molecule has 0 aromatic carbocycles. The third-order valence-electron chi connectivity index (χ3n) is 4.03. The summed E-state index contributed by atoms with van der Waals surface area (Å²) in [5.74, 6) is -0.733. The highest BCUT2D eigenvalue weighted by Crippen LogP contribution is 2.30. The third kappa shape index (κ3) is 4.86. The van der Waals surface area contributed by atoms with E-state index in [1.807, 2.05) is 0 Å². The van der Waals surface area contributed by atoms with Crippen molar-refractivity contribution in [3.05, 3.63) is 5.82 Å². The van der Waals surface area contributed by atoms with Gasteiger partial charge in [0.15, 0.2) is 5.16 Å². The molecule has 23 heavy (non-hydrogen) atoms. The number of nitrogens with zero attached hydrogens (tertiary/aromatic N) is 3. The first kappa shape index (κ1) is 18.1. The van der Waals surface area contributed by atoms with E-state index in [9.17, 15) is 18.0 Å². The number of rotatable bonds is 5. The SMILES string of the molecule is CC(Sc1nnc(C(F)(F)F)n1C)C(=O)NCC1CCCCC1. The van der Waals surface area contributed by atoms with Crippen molar-refractivity contribution in [2.75, 3.05) is 6.54 Å². The number of aromatic nitrogens is 3. The Morgan fingerprint density at radius 2 is 2.00 bits per heavy atom. The zero-order valence-electron chi connectivity index (χ0n) is 13.2. The van der Waals surface area contributed by atoms with E-state index in [1.54, 1.807) is 6.92 Å². The molecule has 2 rings (SSSR count). The molecular weight excluding hydrogens is 329 g/mol. The van der Waals surface area contributed by atoms with Crippen LogP contribution in [0.2, 0.25) is 0 Å². The molecule has 1 aromatic heterocycles. The first-order valence-electron chi connectivity index (χ1n) is 7.70. The first-order chi connectivity index (χ1) is 10.8. The van der Waals surface area contributed by atoms with Gasteiger partial charge >= 0.3 is 6.18 Å². The zero-order valence-corrected chi connectivity index (χ0v) is 14.0. The predicted molar refractivity (Wildman–Crippen MR) is 80.9 cm³/mol. The summed E-state index contributed by atoms with van der Waals surface area (Å²) in [4.78, 5) is 12.1. The molecule has 1 unspecified atom stereocenters. The maximum absolute atomic E-state index is 12.7. The van der Waals surface area contributed by atoms with Crippen LogP contribution in [0.4, 0.5) is 13.2 Å². The largest absolute Gasteiger partial charge is 0.451 e. The van der Waals surface area contributed by atoms with Crippen molar-refractivity contribution in [1.82, 2.24) is 20.1 Å². The molecule has 1 amide bonds. The number of carbonyl (C=O) groups excluding carboxylic acids is 1. The molecular formula is C14H21F3N4OS. The minimum Gasteiger partial charge on any atom is -0.355 e. The molecule has 0 saturated heterocycles. The van der Waals surface area contributed by atoms with Gasteiger partial charge in [-0.3, -0.25) is 4.79 Å². The normalized spacial score (nSPS) is 18.0. The lowest BCUT2D eigenvalue weighted by Crippen LogP contribution is -2.35. The molecule has 1 aliphatic carbocycles. The highest BCUT2D eigenvalue weighted by molar-refractivity contribution is 8.00. The van der Waals surface area contributed by atoms with Crippen LogP contribution in [0.3, 0.4) is 0 Å². The van der Waals surface area contributed by atoms with E-state index >= 15 is 0 Å². The number of amides is 1. The summed E-state index contributed by atoms with van der Waals surface area (Å²) in [6.45, 7) is 2.29. The minimum atomic E-state index is -4.55. The number of carbonyl (C=O) groups is 1. The lowest BCUT2D eigenvalue weighted by atomic mass is 9.89. The van der Waals surface area contributed by atoms with Crippen LogP contribution in [0.1, 0.15) is 44.9 Å². The third-order valence-corrected chi connectivity index (χ3v) is 5.16. The molecule has 1 saturated carbocycles. The van der Waals surface area contributed by atoms with E-state index in [1.165, 1.54) is 26.3 Å². The van der Waals surface area contributed by atoms with Crippen LogP contribution >= 0.6 is 11.8 Å². The van der Waals surface area contributed by atoms with Gasteiger partial charge in [-0.25, -0.2) is 0 Å². The quantitative estimate of drug-likeness (QED) is 0.830. The van der Waals surface area contributed by atoms with Gasteiger partial charge in [-0.2, -0.15) is 13.2 Å². The van der Waals surface area contributed by atoms with Gasteiger partial charge in [0.25, 0.3) is 0 Å². The van der Waals surface area contributed by atoms with E-state index in [-0.39, 0.29) is 11.1 Å². The summed E-state index contributed by atoms with van der Waals surface area (Å²) in [6.07, 6.45) is 1.35. The van der Waals surface area contributed by atoms with E-state index in [0.717, 1.165) is 29.2 Å². The van der Waals surface area contributed by atoms with Crippen molar-refractivity contribution in [2.24, 2.45) is 13.0 Å². The Bertz CT molecular complexity index is 541. The van der Waals surface area contributed by atoms with E-state index < -0.39 is 17.3 Å². The molecule has 1 heterocycles. The van der Waals surface area contributed by atoms with Crippen molar-refractivity contribution < 1.29 is 18.0 Å².